The lowest BCUT2D eigenvalue weighted by atomic mass is 10.1. The summed E-state index contributed by atoms with van der Waals surface area (Å²) in [5.74, 6) is -0.805. The zero-order valence-corrected chi connectivity index (χ0v) is 24.4. The van der Waals surface area contributed by atoms with E-state index in [9.17, 15) is 18.0 Å². The molecule has 1 atom stereocenters. The Kier molecular flexibility index (Phi) is 10.2. The Morgan fingerprint density at radius 3 is 2.21 bits per heavy atom. The van der Waals surface area contributed by atoms with E-state index in [0.29, 0.717) is 10.6 Å². The van der Waals surface area contributed by atoms with Gasteiger partial charge in [0.05, 0.1) is 17.7 Å². The van der Waals surface area contributed by atoms with Crippen molar-refractivity contribution in [3.05, 3.63) is 88.4 Å². The van der Waals surface area contributed by atoms with Crippen LogP contribution in [-0.4, -0.2) is 50.9 Å². The summed E-state index contributed by atoms with van der Waals surface area (Å²) in [7, 11) is -2.86. The molecule has 0 aromatic heterocycles. The molecule has 8 nitrogen and oxygen atoms in total. The van der Waals surface area contributed by atoms with Crippen molar-refractivity contribution in [1.82, 2.24) is 10.2 Å². The van der Waals surface area contributed by atoms with Gasteiger partial charge in [0.1, 0.15) is 18.3 Å². The van der Waals surface area contributed by atoms with Gasteiger partial charge < -0.3 is 15.0 Å². The van der Waals surface area contributed by atoms with Gasteiger partial charge in [-0.05, 0) is 62.7 Å². The molecule has 0 bridgehead atoms. The maximum absolute atomic E-state index is 14.0. The number of halogens is 2. The van der Waals surface area contributed by atoms with Crippen LogP contribution < -0.4 is 14.4 Å². The molecular formula is C28H31Cl2N3O5S. The molecule has 3 aromatic rings. The van der Waals surface area contributed by atoms with Crippen molar-refractivity contribution in [2.24, 2.45) is 0 Å². The number of nitrogens with one attached hydrogen (secondary N) is 1. The molecule has 0 saturated carbocycles. The van der Waals surface area contributed by atoms with Crippen LogP contribution in [0.3, 0.4) is 0 Å². The summed E-state index contributed by atoms with van der Waals surface area (Å²) in [5.41, 5.74) is 0.689. The molecule has 2 amide bonds. The Labute approximate surface area is 239 Å². The standard InChI is InChI=1S/C28H31Cl2N3O5S/c1-19(2)31-28(35)20(3)32(17-21-10-8-9-13-24(21)30)27(34)18-33(25-16-22(29)14-15-26(25)38-4)39(36,37)23-11-6-5-7-12-23/h5-16,19-20H,17-18H2,1-4H3,(H,31,35)/t20-/m0/s1. The molecule has 0 aliphatic rings. The third kappa shape index (κ3) is 7.44. The van der Waals surface area contributed by atoms with E-state index >= 15 is 0 Å². The molecule has 0 saturated heterocycles. The second-order valence-electron chi connectivity index (χ2n) is 9.09. The number of ether oxygens (including phenoxy) is 1. The average Bonchev–Trinajstić information content (AvgIpc) is 2.90. The summed E-state index contributed by atoms with van der Waals surface area (Å²) in [5, 5.41) is 3.48. The fourth-order valence-electron chi connectivity index (χ4n) is 3.89. The average molecular weight is 593 g/mol. The van der Waals surface area contributed by atoms with Crippen LogP contribution in [0.25, 0.3) is 0 Å². The second-order valence-corrected chi connectivity index (χ2v) is 11.8. The van der Waals surface area contributed by atoms with Gasteiger partial charge in [0.2, 0.25) is 11.8 Å². The van der Waals surface area contributed by atoms with Crippen LogP contribution in [0.1, 0.15) is 26.3 Å². The zero-order chi connectivity index (χ0) is 28.7. The first-order valence-corrected chi connectivity index (χ1v) is 14.4. The van der Waals surface area contributed by atoms with Crippen LogP contribution in [0.2, 0.25) is 10.0 Å². The summed E-state index contributed by atoms with van der Waals surface area (Å²) in [6.45, 7) is 4.56. The quantitative estimate of drug-likeness (QED) is 0.333. The number of carbonyl (C=O) groups is 2. The molecule has 39 heavy (non-hydrogen) atoms. The molecule has 0 fully saturated rings. The highest BCUT2D eigenvalue weighted by Gasteiger charge is 2.34. The maximum atomic E-state index is 14.0. The van der Waals surface area contributed by atoms with Crippen molar-refractivity contribution in [2.45, 2.75) is 44.3 Å². The van der Waals surface area contributed by atoms with E-state index in [-0.39, 0.29) is 39.8 Å². The highest BCUT2D eigenvalue weighted by molar-refractivity contribution is 7.92. The SMILES string of the molecule is COc1ccc(Cl)cc1N(CC(=O)N(Cc1ccccc1Cl)[C@@H](C)C(=O)NC(C)C)S(=O)(=O)c1ccccc1. The minimum Gasteiger partial charge on any atom is -0.495 e. The summed E-state index contributed by atoms with van der Waals surface area (Å²) in [6, 6.07) is 18.1. The number of carbonyl (C=O) groups excluding carboxylic acids is 2. The van der Waals surface area contributed by atoms with E-state index < -0.39 is 28.5 Å². The molecular weight excluding hydrogens is 561 g/mol. The molecule has 0 aliphatic heterocycles. The normalized spacial score (nSPS) is 12.1. The van der Waals surface area contributed by atoms with Gasteiger partial charge in [-0.2, -0.15) is 0 Å². The van der Waals surface area contributed by atoms with Crippen molar-refractivity contribution in [2.75, 3.05) is 18.0 Å². The predicted octanol–water partition coefficient (Wildman–Crippen LogP) is 5.14. The minimum absolute atomic E-state index is 0.0168. The predicted molar refractivity (Wildman–Crippen MR) is 154 cm³/mol. The third-order valence-corrected chi connectivity index (χ3v) is 8.29. The molecule has 3 rings (SSSR count). The van der Waals surface area contributed by atoms with Gasteiger partial charge in [-0.3, -0.25) is 13.9 Å². The van der Waals surface area contributed by atoms with Crippen molar-refractivity contribution in [1.29, 1.82) is 0 Å². The Morgan fingerprint density at radius 2 is 1.59 bits per heavy atom. The van der Waals surface area contributed by atoms with E-state index in [1.807, 2.05) is 13.8 Å². The van der Waals surface area contributed by atoms with Crippen LogP contribution in [0.15, 0.2) is 77.7 Å². The lowest BCUT2D eigenvalue weighted by molar-refractivity contribution is -0.139. The van der Waals surface area contributed by atoms with Gasteiger partial charge in [0.15, 0.2) is 0 Å². The van der Waals surface area contributed by atoms with Gasteiger partial charge in [0.25, 0.3) is 10.0 Å². The Hall–Kier alpha value is -3.27. The molecule has 0 heterocycles. The van der Waals surface area contributed by atoms with Crippen LogP contribution >= 0.6 is 23.2 Å². The second kappa shape index (κ2) is 13.2. The highest BCUT2D eigenvalue weighted by atomic mass is 35.5. The third-order valence-electron chi connectivity index (χ3n) is 5.92. The molecule has 0 unspecified atom stereocenters. The van der Waals surface area contributed by atoms with Crippen LogP contribution in [-0.2, 0) is 26.2 Å². The van der Waals surface area contributed by atoms with E-state index in [2.05, 4.69) is 5.32 Å². The summed E-state index contributed by atoms with van der Waals surface area (Å²) in [6.07, 6.45) is 0. The maximum Gasteiger partial charge on any atom is 0.264 e. The first kappa shape index (κ1) is 30.3. The van der Waals surface area contributed by atoms with Crippen LogP contribution in [0.5, 0.6) is 5.75 Å². The lowest BCUT2D eigenvalue weighted by Crippen LogP contribution is -2.52. The van der Waals surface area contributed by atoms with E-state index in [4.69, 9.17) is 27.9 Å². The van der Waals surface area contributed by atoms with Crippen molar-refractivity contribution in [3.63, 3.8) is 0 Å². The molecule has 1 N–H and O–H groups in total. The van der Waals surface area contributed by atoms with Crippen LogP contribution in [0.4, 0.5) is 5.69 Å². The lowest BCUT2D eigenvalue weighted by Gasteiger charge is -2.32. The number of benzene rings is 3. The molecule has 11 heteroatoms. The van der Waals surface area contributed by atoms with Gasteiger partial charge in [-0.15, -0.1) is 0 Å². The Morgan fingerprint density at radius 1 is 0.949 bits per heavy atom. The number of methoxy groups -OCH3 is 1. The number of anilines is 1. The summed E-state index contributed by atoms with van der Waals surface area (Å²) in [4.78, 5) is 28.2. The number of amides is 2. The fraction of sp³-hybridized carbons (Fsp3) is 0.286. The number of rotatable bonds is 11. The smallest absolute Gasteiger partial charge is 0.264 e. The first-order valence-electron chi connectivity index (χ1n) is 12.2. The largest absolute Gasteiger partial charge is 0.495 e. The van der Waals surface area contributed by atoms with Gasteiger partial charge in [0, 0.05) is 22.6 Å². The van der Waals surface area contributed by atoms with E-state index in [0.717, 1.165) is 4.31 Å². The highest BCUT2D eigenvalue weighted by Crippen LogP contribution is 2.35. The first-order chi connectivity index (χ1) is 18.4. The monoisotopic (exact) mass is 591 g/mol. The number of hydrogen-bond acceptors (Lipinski definition) is 5. The zero-order valence-electron chi connectivity index (χ0n) is 22.1. The van der Waals surface area contributed by atoms with Crippen molar-refractivity contribution < 1.29 is 22.7 Å². The molecule has 208 valence electrons. The summed E-state index contributed by atoms with van der Waals surface area (Å²) < 4.78 is 34.1. The molecule has 3 aromatic carbocycles. The van der Waals surface area contributed by atoms with Crippen LogP contribution in [0, 0.1) is 0 Å². The number of sulfonamides is 1. The summed E-state index contributed by atoms with van der Waals surface area (Å²) >= 11 is 12.6. The Balaban J connectivity index is 2.10. The van der Waals surface area contributed by atoms with Crippen molar-refractivity contribution in [3.8, 4) is 5.75 Å². The molecule has 0 spiro atoms. The van der Waals surface area contributed by atoms with Gasteiger partial charge >= 0.3 is 0 Å². The van der Waals surface area contributed by atoms with E-state index in [1.165, 1.54) is 36.3 Å². The minimum atomic E-state index is -4.26. The number of nitrogens with zero attached hydrogens (tertiary/aromatic N) is 2. The van der Waals surface area contributed by atoms with Crippen molar-refractivity contribution >= 4 is 50.7 Å². The number of hydrogen-bond donors (Lipinski definition) is 1. The fourth-order valence-corrected chi connectivity index (χ4v) is 5.69. The topological polar surface area (TPSA) is 96.0 Å². The van der Waals surface area contributed by atoms with Gasteiger partial charge in [-0.25, -0.2) is 8.42 Å². The molecule has 0 aliphatic carbocycles. The molecule has 0 radical (unpaired) electrons. The van der Waals surface area contributed by atoms with Gasteiger partial charge in [-0.1, -0.05) is 59.6 Å². The Bertz CT molecular complexity index is 1420. The van der Waals surface area contributed by atoms with E-state index in [1.54, 1.807) is 55.5 Å².